The molecule has 13 unspecified atom stereocenters. The van der Waals surface area contributed by atoms with E-state index >= 15 is 4.39 Å². The summed E-state index contributed by atoms with van der Waals surface area (Å²) in [6.45, 7) is 9.38. The number of halogens is 5. The van der Waals surface area contributed by atoms with E-state index in [9.17, 15) is 52.2 Å². The molecular weight excluding hydrogens is 1320 g/mol. The van der Waals surface area contributed by atoms with E-state index in [0.717, 1.165) is 72.5 Å². The zero-order chi connectivity index (χ0) is 74.8. The Morgan fingerprint density at radius 1 is 0.670 bits per heavy atom. The fraction of sp³-hybridized carbons (Fsp3) is 0.538. The molecule has 3 aromatic carbocycles. The number of hydrogen-bond acceptors (Lipinski definition) is 20. The molecule has 3 saturated heterocycles. The smallest absolute Gasteiger partial charge is 0.328 e. The Kier molecular flexibility index (Phi) is 36.2. The van der Waals surface area contributed by atoms with E-state index in [1.165, 1.54) is 20.4 Å². The van der Waals surface area contributed by atoms with Crippen molar-refractivity contribution in [3.63, 3.8) is 0 Å². The zero-order valence-electron chi connectivity index (χ0n) is 59.0. The second-order valence-electron chi connectivity index (χ2n) is 21.1. The Morgan fingerprint density at radius 3 is 1.42 bits per heavy atom. The molecule has 26 nitrogen and oxygen atoms in total. The number of nitrogens with zero attached hydrogens (tertiary/aromatic N) is 4. The lowest BCUT2D eigenvalue weighted by atomic mass is 9.84. The number of nitrogens with one attached hydrogen (secondary N) is 4. The first-order chi connectivity index (χ1) is 47.7. The fourth-order valence-corrected chi connectivity index (χ4v) is 12.1. The van der Waals surface area contributed by atoms with E-state index in [2.05, 4.69) is 25.0 Å². The van der Waals surface area contributed by atoms with E-state index in [1.54, 1.807) is 14.2 Å². The highest BCUT2D eigenvalue weighted by Gasteiger charge is 2.45. The number of aromatic amines is 3. The van der Waals surface area contributed by atoms with Crippen LogP contribution in [0.2, 0.25) is 0 Å². The average Bonchev–Trinajstić information content (AvgIpc) is 0.780. The molecule has 3 aliphatic rings. The molecule has 0 spiro atoms. The molecule has 3 fully saturated rings. The van der Waals surface area contributed by atoms with E-state index < -0.39 is 134 Å². The zero-order valence-corrected chi connectivity index (χ0v) is 55.7. The molecule has 0 radical (unpaired) electrons. The molecule has 13 atom stereocenters. The van der Waals surface area contributed by atoms with Crippen molar-refractivity contribution < 1.29 is 80.2 Å². The topological polar surface area (TPSA) is 346 Å². The van der Waals surface area contributed by atoms with Crippen molar-refractivity contribution in [3.8, 4) is 11.5 Å². The van der Waals surface area contributed by atoms with Gasteiger partial charge in [0.15, 0.2) is 27.0 Å². The Hall–Kier alpha value is -6.74. The van der Waals surface area contributed by atoms with Crippen molar-refractivity contribution in [3.05, 3.63) is 195 Å². The van der Waals surface area contributed by atoms with Crippen LogP contribution in [0.15, 0.2) is 144 Å². The van der Waals surface area contributed by atoms with Crippen LogP contribution < -0.4 is 48.3 Å². The lowest BCUT2D eigenvalue weighted by molar-refractivity contribution is -0.149. The largest absolute Gasteiger partial charge is 0.497 e. The number of aliphatic hydroxyl groups is 5. The van der Waals surface area contributed by atoms with Crippen LogP contribution in [0.25, 0.3) is 0 Å². The highest BCUT2D eigenvalue weighted by Crippen LogP contribution is 2.46. The lowest BCUT2D eigenvalue weighted by Gasteiger charge is -2.43. The summed E-state index contributed by atoms with van der Waals surface area (Å²) in [6.07, 6.45) is -8.28. The number of benzene rings is 3. The van der Waals surface area contributed by atoms with Crippen LogP contribution in [0.4, 0.5) is 17.6 Å². The highest BCUT2D eigenvalue weighted by molar-refractivity contribution is 7.47. The second kappa shape index (κ2) is 44.3. The van der Waals surface area contributed by atoms with Gasteiger partial charge in [0.1, 0.15) is 47.5 Å². The summed E-state index contributed by atoms with van der Waals surface area (Å²) in [4.78, 5) is 73.7. The first-order valence-electron chi connectivity index (χ1n) is 32.4. The number of rotatable bonds is 18. The summed E-state index contributed by atoms with van der Waals surface area (Å²) in [7, 11) is 3.41. The minimum Gasteiger partial charge on any atom is -0.497 e. The number of alkyl halides is 5. The molecule has 9 rings (SSSR count). The molecule has 3 aliphatic heterocycles. The third-order valence-electron chi connectivity index (χ3n) is 14.6. The number of H-pyrrole nitrogens is 3. The molecule has 6 aromatic rings. The molecule has 32 heteroatoms. The van der Waals surface area contributed by atoms with Crippen LogP contribution in [-0.2, 0) is 28.3 Å². The number of aliphatic hydroxyl groups excluding tert-OH is 5. The van der Waals surface area contributed by atoms with Crippen molar-refractivity contribution in [1.82, 2.24) is 38.4 Å². The van der Waals surface area contributed by atoms with Crippen molar-refractivity contribution in [2.45, 2.75) is 153 Å². The van der Waals surface area contributed by atoms with Gasteiger partial charge in [0.2, 0.25) is 2.86 Å². The fourth-order valence-electron chi connectivity index (χ4n) is 9.89. The Balaban J connectivity index is 0.000000661. The number of methoxy groups -OCH3 is 2. The van der Waals surface area contributed by atoms with Gasteiger partial charge in [-0.3, -0.25) is 47.4 Å². The SMILES string of the molecule is C.C.COc1ccc(C(Cl)(c2ccccc2)c2ccc(OC)cc2)cc1.O=c1ccn(C2COC(CO)C(O)C2F)c(=O)[nH]1.[2H]CC1OCC(n2ccc(=O)[nH]c2=O)C(F)C1O.[2H]CC1OCC(n2ccc(=O)[nH]c2=O)C(F)C1OP(NCOCC)N(C(C)C)C(C)C.[2H]CF.[3H]OC.[3H]OC. The maximum atomic E-state index is 15.7. The average molecular weight is 1430 g/mol. The van der Waals surface area contributed by atoms with Crippen molar-refractivity contribution in [1.29, 1.82) is 2.86 Å². The summed E-state index contributed by atoms with van der Waals surface area (Å²) < 4.78 is 129. The van der Waals surface area contributed by atoms with E-state index in [-0.39, 0.29) is 67.3 Å². The van der Waals surface area contributed by atoms with Gasteiger partial charge in [0, 0.05) is 72.4 Å². The van der Waals surface area contributed by atoms with Gasteiger partial charge >= 0.3 is 17.1 Å². The molecule has 6 heterocycles. The van der Waals surface area contributed by atoms with Gasteiger partial charge < -0.3 is 58.5 Å². The van der Waals surface area contributed by atoms with Gasteiger partial charge in [0.25, 0.3) is 16.7 Å². The maximum absolute atomic E-state index is 15.7. The molecule has 0 bridgehead atoms. The predicted molar refractivity (Wildman–Crippen MR) is 364 cm³/mol. The maximum Gasteiger partial charge on any atom is 0.328 e. The van der Waals surface area contributed by atoms with Crippen molar-refractivity contribution in [2.75, 3.05) is 75.4 Å². The Morgan fingerprint density at radius 2 is 1.05 bits per heavy atom. The van der Waals surface area contributed by atoms with E-state index in [1.807, 2.05) is 123 Å². The molecular formula is C65H98ClF4N8O18P. The Labute approximate surface area is 574 Å². The molecule has 3 aromatic heterocycles. The summed E-state index contributed by atoms with van der Waals surface area (Å²) in [5.41, 5.74) is -0.966. The minimum atomic E-state index is -1.76. The van der Waals surface area contributed by atoms with Gasteiger partial charge in [-0.15, -0.1) is 11.6 Å². The quantitative estimate of drug-likeness (QED) is 0.0122. The van der Waals surface area contributed by atoms with Gasteiger partial charge in [-0.05, 0) is 89.4 Å². The van der Waals surface area contributed by atoms with E-state index in [4.69, 9.17) is 56.6 Å². The van der Waals surface area contributed by atoms with Gasteiger partial charge in [-0.2, -0.15) is 0 Å². The molecule has 9 N–H and O–H groups in total. The lowest BCUT2D eigenvalue weighted by Crippen LogP contribution is -2.52. The van der Waals surface area contributed by atoms with E-state index in [0.29, 0.717) is 6.61 Å². The van der Waals surface area contributed by atoms with Crippen LogP contribution in [0.5, 0.6) is 11.5 Å². The van der Waals surface area contributed by atoms with Crippen LogP contribution in [0.1, 0.15) is 102 Å². The number of hydrogen-bond donors (Lipinski definition) is 9. The van der Waals surface area contributed by atoms with Gasteiger partial charge in [0.05, 0.1) is 79.5 Å². The monoisotopic (exact) mass is 1430 g/mol. The van der Waals surface area contributed by atoms with Crippen LogP contribution in [-0.4, -0.2) is 204 Å². The van der Waals surface area contributed by atoms with Crippen molar-refractivity contribution >= 4 is 20.1 Å². The molecule has 546 valence electrons. The van der Waals surface area contributed by atoms with Gasteiger partial charge in [-0.25, -0.2) is 37.3 Å². The normalized spacial score (nSPS) is 23.5. The summed E-state index contributed by atoms with van der Waals surface area (Å²) in [5, 5.41) is 38.3. The standard InChI is InChI=1S/C21H19ClO2.C19H34FN4O5P.C10H13FN2O5.C10H13FN2O4.CH3F.2CH4O.2CH4/c1-23-19-12-8-17(9-13-19)21(22,16-6-4-3-5-7-16)18-10-14-20(24-2)15-11-18;1-7-27-11-21-30(24(12(2)3)13(4)5)29-18-14(6)28-10-15(17(18)20)23-9-8-16(25)22-19(23)26;11-8-5(4-18-6(3-14)9(8)16)13-2-1-7(15)12-10(13)17;1-5-9(15)8(11)6(4-17-5)13-3-2-7(14)12-10(13)16;3*1-2;;/h3-15H,1-2H3;8-9,12-15,17-18,21H,7,10-11H2,1-6H3,(H,22,25,26);1-2,5-6,8-9,14,16H,3-4H2,(H,12,15,17);2-3,5-6,8-9,15H,4H2,1H3,(H,12,14,16);1H3;2*2H,1H3;2*1H4/i;6D;;2*1D;2*2T;;. The third-order valence-corrected chi connectivity index (χ3v) is 17.4. The van der Waals surface area contributed by atoms with Crippen LogP contribution in [0.3, 0.4) is 0 Å². The summed E-state index contributed by atoms with van der Waals surface area (Å²) in [5.74, 6) is 1.61. The van der Waals surface area contributed by atoms with Crippen LogP contribution >= 0.6 is 20.1 Å². The third kappa shape index (κ3) is 24.0. The van der Waals surface area contributed by atoms with Crippen LogP contribution in [0, 0.1) is 0 Å². The second-order valence-corrected chi connectivity index (χ2v) is 23.2. The molecule has 97 heavy (non-hydrogen) atoms. The van der Waals surface area contributed by atoms with Gasteiger partial charge in [-0.1, -0.05) is 69.5 Å². The Bertz CT molecular complexity index is 3490. The number of ether oxygens (including phenoxy) is 6. The van der Waals surface area contributed by atoms with Crippen molar-refractivity contribution in [2.24, 2.45) is 0 Å². The summed E-state index contributed by atoms with van der Waals surface area (Å²) >= 11 is 7.22. The summed E-state index contributed by atoms with van der Waals surface area (Å²) in [6, 6.07) is 26.3. The molecule has 0 saturated carbocycles. The molecule has 0 aliphatic carbocycles. The number of aromatic nitrogens is 6. The first kappa shape index (κ1) is 79.2. The first-order valence-corrected chi connectivity index (χ1v) is 31.0. The minimum absolute atomic E-state index is 0. The highest BCUT2D eigenvalue weighted by atomic mass is 35.5. The predicted octanol–water partition coefficient (Wildman–Crippen LogP) is 5.82. The molecule has 0 amide bonds.